The van der Waals surface area contributed by atoms with Crippen molar-refractivity contribution >= 4 is 11.9 Å². The molecular weight excluding hydrogens is 264 g/mol. The fourth-order valence-electron chi connectivity index (χ4n) is 2.59. The minimum Gasteiger partial charge on any atom is -0.462 e. The Kier molecular flexibility index (Phi) is 4.07. The average Bonchev–Trinajstić information content (AvgIpc) is 2.72. The van der Waals surface area contributed by atoms with Gasteiger partial charge in [0, 0.05) is 12.8 Å². The van der Waals surface area contributed by atoms with E-state index in [1.54, 1.807) is 27.7 Å². The van der Waals surface area contributed by atoms with Crippen LogP contribution in [0.5, 0.6) is 0 Å². The molecule has 1 spiro atoms. The van der Waals surface area contributed by atoms with Gasteiger partial charge in [-0.25, -0.2) is 0 Å². The molecule has 114 valence electrons. The van der Waals surface area contributed by atoms with E-state index in [4.69, 9.17) is 18.9 Å². The summed E-state index contributed by atoms with van der Waals surface area (Å²) in [7, 11) is 0. The Morgan fingerprint density at radius 3 is 1.65 bits per heavy atom. The van der Waals surface area contributed by atoms with Crippen LogP contribution in [0.25, 0.3) is 0 Å². The van der Waals surface area contributed by atoms with E-state index in [-0.39, 0.29) is 25.0 Å². The molecule has 6 heteroatoms. The number of hydrogen-bond acceptors (Lipinski definition) is 6. The smallest absolute Gasteiger partial charge is 0.324 e. The zero-order valence-corrected chi connectivity index (χ0v) is 12.4. The van der Waals surface area contributed by atoms with Gasteiger partial charge in [-0.15, -0.1) is 0 Å². The molecule has 6 nitrogen and oxygen atoms in total. The number of hydrogen-bond donors (Lipinski definition) is 0. The van der Waals surface area contributed by atoms with Crippen LogP contribution in [-0.2, 0) is 28.5 Å². The first-order chi connectivity index (χ1) is 9.30. The summed E-state index contributed by atoms with van der Waals surface area (Å²) >= 11 is 0. The van der Waals surface area contributed by atoms with Gasteiger partial charge in [0.25, 0.3) is 0 Å². The predicted octanol–water partition coefficient (Wildman–Crippen LogP) is 1.41. The SMILES string of the molecule is CC(C)OC(=O)C1(C(=O)OC(C)C)CC2(C1)OCCO2. The van der Waals surface area contributed by atoms with Gasteiger partial charge in [0.2, 0.25) is 0 Å². The zero-order chi connectivity index (χ0) is 15.0. The fraction of sp³-hybridized carbons (Fsp3) is 0.857. The Bertz CT molecular complexity index is 362. The van der Waals surface area contributed by atoms with Crippen LogP contribution >= 0.6 is 0 Å². The van der Waals surface area contributed by atoms with Crippen molar-refractivity contribution in [3.8, 4) is 0 Å². The van der Waals surface area contributed by atoms with E-state index in [1.165, 1.54) is 0 Å². The maximum atomic E-state index is 12.3. The van der Waals surface area contributed by atoms with E-state index in [0.29, 0.717) is 13.2 Å². The standard InChI is InChI=1S/C14H22O6/c1-9(2)19-11(15)13(12(16)20-10(3)4)7-14(8-13)17-5-6-18-14/h9-10H,5-8H2,1-4H3. The molecule has 1 saturated carbocycles. The van der Waals surface area contributed by atoms with Gasteiger partial charge in [-0.05, 0) is 27.7 Å². The summed E-state index contributed by atoms with van der Waals surface area (Å²) in [5.41, 5.74) is -1.29. The third-order valence-electron chi connectivity index (χ3n) is 3.42. The highest BCUT2D eigenvalue weighted by atomic mass is 16.7. The van der Waals surface area contributed by atoms with E-state index < -0.39 is 23.1 Å². The quantitative estimate of drug-likeness (QED) is 0.575. The van der Waals surface area contributed by atoms with Crippen LogP contribution in [0.3, 0.4) is 0 Å². The molecule has 20 heavy (non-hydrogen) atoms. The molecule has 2 aliphatic rings. The van der Waals surface area contributed by atoms with Crippen LogP contribution in [-0.4, -0.2) is 43.1 Å². The molecule has 0 radical (unpaired) electrons. The zero-order valence-electron chi connectivity index (χ0n) is 12.4. The van der Waals surface area contributed by atoms with E-state index in [0.717, 1.165) is 0 Å². The lowest BCUT2D eigenvalue weighted by Crippen LogP contribution is -2.61. The summed E-state index contributed by atoms with van der Waals surface area (Å²) in [6.07, 6.45) is -0.241. The molecule has 0 amide bonds. The summed E-state index contributed by atoms with van der Waals surface area (Å²) < 4.78 is 21.4. The topological polar surface area (TPSA) is 71.1 Å². The third-order valence-corrected chi connectivity index (χ3v) is 3.42. The Labute approximate surface area is 118 Å². The summed E-state index contributed by atoms with van der Waals surface area (Å²) in [6.45, 7) is 7.95. The van der Waals surface area contributed by atoms with E-state index in [1.807, 2.05) is 0 Å². The van der Waals surface area contributed by atoms with Crippen molar-refractivity contribution in [2.24, 2.45) is 5.41 Å². The van der Waals surface area contributed by atoms with Gasteiger partial charge in [-0.3, -0.25) is 9.59 Å². The molecule has 2 rings (SSSR count). The van der Waals surface area contributed by atoms with Crippen molar-refractivity contribution in [1.29, 1.82) is 0 Å². The van der Waals surface area contributed by atoms with Crippen LogP contribution in [0.2, 0.25) is 0 Å². The van der Waals surface area contributed by atoms with Crippen LogP contribution < -0.4 is 0 Å². The maximum Gasteiger partial charge on any atom is 0.324 e. The molecule has 0 atom stereocenters. The van der Waals surface area contributed by atoms with Crippen molar-refractivity contribution < 1.29 is 28.5 Å². The van der Waals surface area contributed by atoms with Crippen LogP contribution in [0, 0.1) is 5.41 Å². The molecule has 1 heterocycles. The normalized spacial score (nSPS) is 22.9. The molecule has 0 N–H and O–H groups in total. The van der Waals surface area contributed by atoms with Gasteiger partial charge >= 0.3 is 11.9 Å². The Morgan fingerprint density at radius 2 is 1.30 bits per heavy atom. The van der Waals surface area contributed by atoms with Crippen molar-refractivity contribution in [3.05, 3.63) is 0 Å². The largest absolute Gasteiger partial charge is 0.462 e. The van der Waals surface area contributed by atoms with Crippen LogP contribution in [0.15, 0.2) is 0 Å². The number of carbonyl (C=O) groups is 2. The Morgan fingerprint density at radius 1 is 0.900 bits per heavy atom. The number of carbonyl (C=O) groups excluding carboxylic acids is 2. The lowest BCUT2D eigenvalue weighted by Gasteiger charge is -2.48. The van der Waals surface area contributed by atoms with Gasteiger partial charge in [-0.1, -0.05) is 0 Å². The van der Waals surface area contributed by atoms with Gasteiger partial charge < -0.3 is 18.9 Å². The second kappa shape index (κ2) is 5.33. The minimum absolute atomic E-state index is 0.164. The summed E-state index contributed by atoms with van der Waals surface area (Å²) in [5.74, 6) is -1.92. The number of rotatable bonds is 4. The van der Waals surface area contributed by atoms with Gasteiger partial charge in [-0.2, -0.15) is 0 Å². The summed E-state index contributed by atoms with van der Waals surface area (Å²) in [4.78, 5) is 24.6. The minimum atomic E-state index is -1.29. The highest BCUT2D eigenvalue weighted by Crippen LogP contribution is 2.54. The third kappa shape index (κ3) is 2.67. The highest BCUT2D eigenvalue weighted by molar-refractivity contribution is 6.01. The van der Waals surface area contributed by atoms with Crippen LogP contribution in [0.4, 0.5) is 0 Å². The average molecular weight is 286 g/mol. The first-order valence-corrected chi connectivity index (χ1v) is 7.00. The van der Waals surface area contributed by atoms with Crippen molar-refractivity contribution in [1.82, 2.24) is 0 Å². The molecule has 0 aromatic carbocycles. The molecule has 0 bridgehead atoms. The second-order valence-electron chi connectivity index (χ2n) is 5.95. The fourth-order valence-corrected chi connectivity index (χ4v) is 2.59. The van der Waals surface area contributed by atoms with Crippen molar-refractivity contribution in [2.75, 3.05) is 13.2 Å². The van der Waals surface area contributed by atoms with Gasteiger partial charge in [0.15, 0.2) is 11.2 Å². The van der Waals surface area contributed by atoms with Gasteiger partial charge in [0.05, 0.1) is 25.4 Å². The predicted molar refractivity (Wildman–Crippen MR) is 68.8 cm³/mol. The molecule has 1 aliphatic heterocycles. The molecule has 0 aromatic heterocycles. The molecule has 0 unspecified atom stereocenters. The summed E-state index contributed by atoms with van der Waals surface area (Å²) in [5, 5.41) is 0. The molecule has 1 saturated heterocycles. The second-order valence-corrected chi connectivity index (χ2v) is 5.95. The van der Waals surface area contributed by atoms with E-state index in [9.17, 15) is 9.59 Å². The number of ether oxygens (including phenoxy) is 4. The molecule has 1 aliphatic carbocycles. The number of esters is 2. The molecule has 2 fully saturated rings. The Balaban J connectivity index is 2.13. The monoisotopic (exact) mass is 286 g/mol. The van der Waals surface area contributed by atoms with Crippen LogP contribution in [0.1, 0.15) is 40.5 Å². The van der Waals surface area contributed by atoms with Crippen molar-refractivity contribution in [3.63, 3.8) is 0 Å². The lowest BCUT2D eigenvalue weighted by molar-refractivity contribution is -0.267. The van der Waals surface area contributed by atoms with Crippen molar-refractivity contribution in [2.45, 2.75) is 58.5 Å². The molecular formula is C14H22O6. The first kappa shape index (κ1) is 15.3. The summed E-state index contributed by atoms with van der Waals surface area (Å²) in [6, 6.07) is 0. The van der Waals surface area contributed by atoms with Gasteiger partial charge in [0.1, 0.15) is 0 Å². The van der Waals surface area contributed by atoms with E-state index >= 15 is 0 Å². The lowest BCUT2D eigenvalue weighted by atomic mass is 9.64. The first-order valence-electron chi connectivity index (χ1n) is 7.00. The maximum absolute atomic E-state index is 12.3. The van der Waals surface area contributed by atoms with E-state index in [2.05, 4.69) is 0 Å². The Hall–Kier alpha value is -1.14. The highest BCUT2D eigenvalue weighted by Gasteiger charge is 2.68. The molecule has 0 aromatic rings.